The van der Waals surface area contributed by atoms with Crippen LogP contribution >= 0.6 is 0 Å². The number of hydrogen-bond donors (Lipinski definition) is 0. The number of benzene rings is 2. The fourth-order valence-electron chi connectivity index (χ4n) is 2.62. The molecule has 1 amide bonds. The third kappa shape index (κ3) is 3.91. The van der Waals surface area contributed by atoms with Crippen molar-refractivity contribution in [2.24, 2.45) is 0 Å². The molecule has 0 saturated carbocycles. The predicted octanol–water partition coefficient (Wildman–Crippen LogP) is 2.67. The largest absolute Gasteiger partial charge is 0.494 e. The van der Waals surface area contributed by atoms with Crippen LogP contribution in [0.15, 0.2) is 48.5 Å². The number of hydrogen-bond acceptors (Lipinski definition) is 5. The Balaban J connectivity index is 1.52. The van der Waals surface area contributed by atoms with Gasteiger partial charge in [0.15, 0.2) is 6.61 Å². The highest BCUT2D eigenvalue weighted by Gasteiger charge is 2.24. The summed E-state index contributed by atoms with van der Waals surface area (Å²) in [6.45, 7) is 1.08. The zero-order chi connectivity index (χ0) is 17.6. The van der Waals surface area contributed by atoms with Crippen LogP contribution in [0.25, 0.3) is 0 Å². The van der Waals surface area contributed by atoms with E-state index in [9.17, 15) is 9.59 Å². The smallest absolute Gasteiger partial charge is 0.337 e. The highest BCUT2D eigenvalue weighted by atomic mass is 16.5. The van der Waals surface area contributed by atoms with E-state index in [1.165, 1.54) is 7.11 Å². The summed E-state index contributed by atoms with van der Waals surface area (Å²) < 4.78 is 15.7. The fraction of sp³-hybridized carbons (Fsp3) is 0.263. The Morgan fingerprint density at radius 2 is 1.92 bits per heavy atom. The van der Waals surface area contributed by atoms with E-state index in [0.29, 0.717) is 30.9 Å². The normalized spacial score (nSPS) is 13.0. The molecule has 0 fully saturated rings. The number of esters is 1. The predicted molar refractivity (Wildman–Crippen MR) is 92.2 cm³/mol. The van der Waals surface area contributed by atoms with Crippen molar-refractivity contribution in [1.82, 2.24) is 0 Å². The summed E-state index contributed by atoms with van der Waals surface area (Å²) in [6.07, 6.45) is 0.679. The van der Waals surface area contributed by atoms with Crippen LogP contribution in [0, 0.1) is 0 Å². The first-order valence-corrected chi connectivity index (χ1v) is 8.02. The van der Waals surface area contributed by atoms with Gasteiger partial charge in [0.2, 0.25) is 0 Å². The molecule has 1 aliphatic heterocycles. The van der Waals surface area contributed by atoms with Gasteiger partial charge in [0.1, 0.15) is 11.5 Å². The van der Waals surface area contributed by atoms with Gasteiger partial charge in [0, 0.05) is 6.54 Å². The lowest BCUT2D eigenvalue weighted by Gasteiger charge is -2.29. The molecule has 0 bridgehead atoms. The summed E-state index contributed by atoms with van der Waals surface area (Å²) in [5, 5.41) is 0. The van der Waals surface area contributed by atoms with E-state index in [2.05, 4.69) is 4.74 Å². The number of carbonyl (C=O) groups is 2. The van der Waals surface area contributed by atoms with Gasteiger partial charge in [-0.2, -0.15) is 0 Å². The minimum absolute atomic E-state index is 0.0545. The standard InChI is InChI=1S/C19H19NO5/c1-23-19(22)14-7-9-15(10-8-14)24-12-4-11-20-16-5-2-3-6-17(16)25-13-18(20)21/h2-3,5-10H,4,11-13H2,1H3. The SMILES string of the molecule is COC(=O)c1ccc(OCCCN2C(=O)COc3ccccc32)cc1. The first-order chi connectivity index (χ1) is 12.2. The lowest BCUT2D eigenvalue weighted by atomic mass is 10.2. The molecule has 6 heteroatoms. The van der Waals surface area contributed by atoms with Gasteiger partial charge in [-0.25, -0.2) is 4.79 Å². The van der Waals surface area contributed by atoms with Crippen LogP contribution in [0.3, 0.4) is 0 Å². The lowest BCUT2D eigenvalue weighted by molar-refractivity contribution is -0.121. The average Bonchev–Trinajstić information content (AvgIpc) is 2.66. The molecule has 1 heterocycles. The molecule has 0 N–H and O–H groups in total. The molecule has 3 rings (SSSR count). The lowest BCUT2D eigenvalue weighted by Crippen LogP contribution is -2.39. The van der Waals surface area contributed by atoms with Crippen LogP contribution in [-0.4, -0.2) is 38.7 Å². The molecule has 0 radical (unpaired) electrons. The first kappa shape index (κ1) is 16.8. The van der Waals surface area contributed by atoms with Crippen LogP contribution in [0.2, 0.25) is 0 Å². The summed E-state index contributed by atoms with van der Waals surface area (Å²) >= 11 is 0. The van der Waals surface area contributed by atoms with Crippen molar-refractivity contribution in [3.05, 3.63) is 54.1 Å². The third-order valence-electron chi connectivity index (χ3n) is 3.88. The molecule has 0 unspecified atom stereocenters. The molecule has 25 heavy (non-hydrogen) atoms. The van der Waals surface area contributed by atoms with Crippen molar-refractivity contribution in [3.8, 4) is 11.5 Å². The molecule has 130 valence electrons. The summed E-state index contributed by atoms with van der Waals surface area (Å²) in [6, 6.07) is 14.3. The minimum atomic E-state index is -0.379. The van der Waals surface area contributed by atoms with E-state index in [-0.39, 0.29) is 18.5 Å². The van der Waals surface area contributed by atoms with Gasteiger partial charge in [-0.15, -0.1) is 0 Å². The van der Waals surface area contributed by atoms with Crippen LogP contribution in [-0.2, 0) is 9.53 Å². The molecule has 2 aromatic rings. The Morgan fingerprint density at radius 1 is 1.16 bits per heavy atom. The van der Waals surface area contributed by atoms with E-state index in [1.807, 2.05) is 24.3 Å². The maximum Gasteiger partial charge on any atom is 0.337 e. The van der Waals surface area contributed by atoms with Crippen LogP contribution in [0.5, 0.6) is 11.5 Å². The Labute approximate surface area is 145 Å². The van der Waals surface area contributed by atoms with Gasteiger partial charge < -0.3 is 19.1 Å². The van der Waals surface area contributed by atoms with E-state index >= 15 is 0 Å². The monoisotopic (exact) mass is 341 g/mol. The molecule has 0 saturated heterocycles. The van der Waals surface area contributed by atoms with Gasteiger partial charge in [-0.3, -0.25) is 4.79 Å². The number of anilines is 1. The molecule has 6 nitrogen and oxygen atoms in total. The summed E-state index contributed by atoms with van der Waals surface area (Å²) in [5.74, 6) is 0.958. The number of fused-ring (bicyclic) bond motifs is 1. The maximum absolute atomic E-state index is 12.1. The van der Waals surface area contributed by atoms with Crippen molar-refractivity contribution in [1.29, 1.82) is 0 Å². The van der Waals surface area contributed by atoms with Crippen molar-refractivity contribution in [2.75, 3.05) is 31.8 Å². The second-order valence-electron chi connectivity index (χ2n) is 5.52. The number of para-hydroxylation sites is 2. The van der Waals surface area contributed by atoms with Gasteiger partial charge >= 0.3 is 5.97 Å². The summed E-state index contributed by atoms with van der Waals surface area (Å²) in [4.78, 5) is 25.2. The fourth-order valence-corrected chi connectivity index (χ4v) is 2.62. The Morgan fingerprint density at radius 3 is 2.68 bits per heavy atom. The number of rotatable bonds is 6. The Bertz CT molecular complexity index is 757. The molecular weight excluding hydrogens is 322 g/mol. The Kier molecular flexibility index (Phi) is 5.18. The van der Waals surface area contributed by atoms with Gasteiger partial charge in [-0.1, -0.05) is 12.1 Å². The molecule has 1 aliphatic rings. The Hall–Kier alpha value is -3.02. The minimum Gasteiger partial charge on any atom is -0.494 e. The second kappa shape index (κ2) is 7.70. The molecule has 0 spiro atoms. The van der Waals surface area contributed by atoms with E-state index in [4.69, 9.17) is 9.47 Å². The van der Waals surface area contributed by atoms with Gasteiger partial charge in [0.25, 0.3) is 5.91 Å². The highest BCUT2D eigenvalue weighted by Crippen LogP contribution is 2.31. The summed E-state index contributed by atoms with van der Waals surface area (Å²) in [7, 11) is 1.35. The van der Waals surface area contributed by atoms with E-state index in [1.54, 1.807) is 29.2 Å². The quantitative estimate of drug-likeness (QED) is 0.597. The second-order valence-corrected chi connectivity index (χ2v) is 5.52. The van der Waals surface area contributed by atoms with Gasteiger partial charge in [0.05, 0.1) is 25.0 Å². The van der Waals surface area contributed by atoms with Crippen LogP contribution < -0.4 is 14.4 Å². The number of methoxy groups -OCH3 is 1. The number of ether oxygens (including phenoxy) is 3. The zero-order valence-electron chi connectivity index (χ0n) is 13.9. The maximum atomic E-state index is 12.1. The van der Waals surface area contributed by atoms with E-state index in [0.717, 1.165) is 11.4 Å². The molecular formula is C19H19NO5. The highest BCUT2D eigenvalue weighted by molar-refractivity contribution is 5.97. The van der Waals surface area contributed by atoms with Crippen molar-refractivity contribution < 1.29 is 23.8 Å². The van der Waals surface area contributed by atoms with Crippen LogP contribution in [0.4, 0.5) is 5.69 Å². The summed E-state index contributed by atoms with van der Waals surface area (Å²) in [5.41, 5.74) is 1.27. The number of amides is 1. The zero-order valence-corrected chi connectivity index (χ0v) is 13.9. The molecule has 0 atom stereocenters. The topological polar surface area (TPSA) is 65.1 Å². The molecule has 0 aliphatic carbocycles. The third-order valence-corrected chi connectivity index (χ3v) is 3.88. The van der Waals surface area contributed by atoms with Gasteiger partial charge in [-0.05, 0) is 42.8 Å². The number of nitrogens with zero attached hydrogens (tertiary/aromatic N) is 1. The average molecular weight is 341 g/mol. The van der Waals surface area contributed by atoms with Crippen molar-refractivity contribution in [2.45, 2.75) is 6.42 Å². The van der Waals surface area contributed by atoms with Crippen LogP contribution in [0.1, 0.15) is 16.8 Å². The molecule has 2 aromatic carbocycles. The first-order valence-electron chi connectivity index (χ1n) is 8.02. The van der Waals surface area contributed by atoms with E-state index < -0.39 is 0 Å². The van der Waals surface area contributed by atoms with Crippen molar-refractivity contribution >= 4 is 17.6 Å². The number of carbonyl (C=O) groups excluding carboxylic acids is 2. The van der Waals surface area contributed by atoms with Crippen molar-refractivity contribution in [3.63, 3.8) is 0 Å². The molecule has 0 aromatic heterocycles.